The van der Waals surface area contributed by atoms with E-state index in [1.807, 2.05) is 54.6 Å². The number of nitrogens with zero attached hydrogens (tertiary/aromatic N) is 2. The van der Waals surface area contributed by atoms with Crippen LogP contribution in [0.15, 0.2) is 83.8 Å². The second kappa shape index (κ2) is 10.3. The number of non-ortho nitro benzene ring substituents is 1. The van der Waals surface area contributed by atoms with E-state index < -0.39 is 4.92 Å². The fourth-order valence-corrected chi connectivity index (χ4v) is 4.38. The summed E-state index contributed by atoms with van der Waals surface area (Å²) in [6, 6.07) is 22.7. The number of thiocarbonyl (C=S) groups is 1. The molecule has 33 heavy (non-hydrogen) atoms. The Morgan fingerprint density at radius 3 is 2.27 bits per heavy atom. The summed E-state index contributed by atoms with van der Waals surface area (Å²) in [6.07, 6.45) is 1.74. The number of rotatable bonds is 8. The number of carbonyl (C=O) groups is 1. The minimum absolute atomic E-state index is 0.102. The number of benzene rings is 3. The monoisotopic (exact) mass is 478 g/mol. The smallest absolute Gasteiger partial charge is 0.271 e. The first-order valence-electron chi connectivity index (χ1n) is 9.94. The molecule has 0 atom stereocenters. The molecule has 0 aliphatic carbocycles. The second-order valence-electron chi connectivity index (χ2n) is 6.87. The molecule has 0 N–H and O–H groups in total. The molecule has 7 nitrogen and oxygen atoms in total. The van der Waals surface area contributed by atoms with Gasteiger partial charge in [0.25, 0.3) is 11.6 Å². The van der Waals surface area contributed by atoms with E-state index in [9.17, 15) is 14.9 Å². The van der Waals surface area contributed by atoms with Gasteiger partial charge in [-0.05, 0) is 42.0 Å². The van der Waals surface area contributed by atoms with E-state index in [4.69, 9.17) is 21.7 Å². The standard InChI is InChI=1S/C24H18N2O5S2/c27-23-22(33-24(32)25(23)18-5-4-6-19(16-18)26(28)29)15-17-9-11-21(12-10-17)31-14-13-30-20-7-2-1-3-8-20/h1-12,15-16H,13-14H2/b22-15-. The van der Waals surface area contributed by atoms with Crippen LogP contribution in [0.1, 0.15) is 5.56 Å². The van der Waals surface area contributed by atoms with Gasteiger partial charge in [-0.2, -0.15) is 0 Å². The Morgan fingerprint density at radius 2 is 1.61 bits per heavy atom. The maximum absolute atomic E-state index is 12.9. The molecule has 1 aliphatic heterocycles. The van der Waals surface area contributed by atoms with E-state index in [1.165, 1.54) is 23.1 Å². The number of nitro groups is 1. The van der Waals surface area contributed by atoms with Crippen molar-refractivity contribution >= 4 is 51.7 Å². The molecule has 0 radical (unpaired) electrons. The maximum Gasteiger partial charge on any atom is 0.271 e. The minimum Gasteiger partial charge on any atom is -0.490 e. The first kappa shape index (κ1) is 22.5. The molecule has 0 saturated carbocycles. The van der Waals surface area contributed by atoms with Crippen LogP contribution in [0.25, 0.3) is 6.08 Å². The van der Waals surface area contributed by atoms with Gasteiger partial charge in [-0.15, -0.1) is 0 Å². The predicted octanol–water partition coefficient (Wildman–Crippen LogP) is 5.46. The van der Waals surface area contributed by atoms with Gasteiger partial charge in [-0.1, -0.05) is 60.4 Å². The number of hydrogen-bond donors (Lipinski definition) is 0. The lowest BCUT2D eigenvalue weighted by Gasteiger charge is -2.13. The van der Waals surface area contributed by atoms with Crippen LogP contribution in [0.4, 0.5) is 11.4 Å². The molecule has 1 amide bonds. The Morgan fingerprint density at radius 1 is 0.939 bits per heavy atom. The zero-order valence-corrected chi connectivity index (χ0v) is 18.9. The van der Waals surface area contributed by atoms with Crippen LogP contribution in [-0.4, -0.2) is 28.4 Å². The van der Waals surface area contributed by atoms with Crippen molar-refractivity contribution in [2.75, 3.05) is 18.1 Å². The molecular weight excluding hydrogens is 460 g/mol. The van der Waals surface area contributed by atoms with E-state index in [-0.39, 0.29) is 11.6 Å². The molecular formula is C24H18N2O5S2. The van der Waals surface area contributed by atoms with Gasteiger partial charge in [0.15, 0.2) is 4.32 Å². The van der Waals surface area contributed by atoms with Crippen molar-refractivity contribution in [3.05, 3.63) is 99.4 Å². The quantitative estimate of drug-likeness (QED) is 0.140. The first-order valence-corrected chi connectivity index (χ1v) is 11.2. The number of para-hydroxylation sites is 1. The summed E-state index contributed by atoms with van der Waals surface area (Å²) in [5.74, 6) is 1.16. The van der Waals surface area contributed by atoms with E-state index in [0.29, 0.717) is 33.9 Å². The van der Waals surface area contributed by atoms with Gasteiger partial charge < -0.3 is 9.47 Å². The van der Waals surface area contributed by atoms with Crippen LogP contribution in [0.5, 0.6) is 11.5 Å². The summed E-state index contributed by atoms with van der Waals surface area (Å²) in [4.78, 5) is 25.2. The SMILES string of the molecule is O=C1/C(=C/c2ccc(OCCOc3ccccc3)cc2)SC(=S)N1c1cccc([N+](=O)[O-])c1. The highest BCUT2D eigenvalue weighted by atomic mass is 32.2. The van der Waals surface area contributed by atoms with Crippen LogP contribution in [0.3, 0.4) is 0 Å². The van der Waals surface area contributed by atoms with E-state index in [0.717, 1.165) is 23.1 Å². The Hall–Kier alpha value is -3.69. The molecule has 3 aromatic rings. The van der Waals surface area contributed by atoms with Crippen molar-refractivity contribution in [3.63, 3.8) is 0 Å². The van der Waals surface area contributed by atoms with Crippen molar-refractivity contribution in [3.8, 4) is 11.5 Å². The van der Waals surface area contributed by atoms with Crippen LogP contribution >= 0.6 is 24.0 Å². The summed E-state index contributed by atoms with van der Waals surface area (Å²) in [5, 5.41) is 11.0. The summed E-state index contributed by atoms with van der Waals surface area (Å²) < 4.78 is 11.6. The van der Waals surface area contributed by atoms with Crippen LogP contribution in [0, 0.1) is 10.1 Å². The first-order chi connectivity index (χ1) is 16.0. The summed E-state index contributed by atoms with van der Waals surface area (Å²) in [6.45, 7) is 0.821. The summed E-state index contributed by atoms with van der Waals surface area (Å²) in [7, 11) is 0. The summed E-state index contributed by atoms with van der Waals surface area (Å²) in [5.41, 5.74) is 1.08. The number of amides is 1. The predicted molar refractivity (Wildman–Crippen MR) is 133 cm³/mol. The van der Waals surface area contributed by atoms with Crippen molar-refractivity contribution in [2.45, 2.75) is 0 Å². The highest BCUT2D eigenvalue weighted by Crippen LogP contribution is 2.37. The molecule has 1 fully saturated rings. The normalized spacial score (nSPS) is 14.5. The van der Waals surface area contributed by atoms with Gasteiger partial charge in [-0.25, -0.2) is 0 Å². The van der Waals surface area contributed by atoms with Gasteiger partial charge in [-0.3, -0.25) is 19.8 Å². The number of hydrogen-bond acceptors (Lipinski definition) is 7. The Labute approximate surface area is 199 Å². The third-order valence-corrected chi connectivity index (χ3v) is 5.94. The lowest BCUT2D eigenvalue weighted by Crippen LogP contribution is -2.27. The van der Waals surface area contributed by atoms with E-state index in [1.54, 1.807) is 12.1 Å². The van der Waals surface area contributed by atoms with Crippen molar-refractivity contribution in [1.82, 2.24) is 0 Å². The Kier molecular flexibility index (Phi) is 7.01. The van der Waals surface area contributed by atoms with Crippen LogP contribution < -0.4 is 14.4 Å². The maximum atomic E-state index is 12.9. The molecule has 166 valence electrons. The lowest BCUT2D eigenvalue weighted by atomic mass is 10.2. The zero-order valence-electron chi connectivity index (χ0n) is 17.2. The zero-order chi connectivity index (χ0) is 23.2. The van der Waals surface area contributed by atoms with Crippen LogP contribution in [0.2, 0.25) is 0 Å². The topological polar surface area (TPSA) is 81.9 Å². The number of ether oxygens (including phenoxy) is 2. The molecule has 0 bridgehead atoms. The van der Waals surface area contributed by atoms with Gasteiger partial charge in [0.2, 0.25) is 0 Å². The Bertz CT molecular complexity index is 1210. The largest absolute Gasteiger partial charge is 0.490 e. The lowest BCUT2D eigenvalue weighted by molar-refractivity contribution is -0.384. The Balaban J connectivity index is 1.37. The number of carbonyl (C=O) groups excluding carboxylic acids is 1. The number of nitro benzene ring substituents is 1. The van der Waals surface area contributed by atoms with Gasteiger partial charge in [0.05, 0.1) is 15.5 Å². The van der Waals surface area contributed by atoms with Crippen molar-refractivity contribution in [2.24, 2.45) is 0 Å². The molecule has 4 rings (SSSR count). The fourth-order valence-electron chi connectivity index (χ4n) is 3.08. The summed E-state index contributed by atoms with van der Waals surface area (Å²) >= 11 is 6.50. The average Bonchev–Trinajstić information content (AvgIpc) is 3.11. The average molecular weight is 479 g/mol. The number of anilines is 1. The van der Waals surface area contributed by atoms with Gasteiger partial charge >= 0.3 is 0 Å². The molecule has 3 aromatic carbocycles. The molecule has 1 heterocycles. The van der Waals surface area contributed by atoms with E-state index >= 15 is 0 Å². The highest BCUT2D eigenvalue weighted by molar-refractivity contribution is 8.27. The van der Waals surface area contributed by atoms with Crippen molar-refractivity contribution < 1.29 is 19.2 Å². The molecule has 0 spiro atoms. The second-order valence-corrected chi connectivity index (χ2v) is 8.55. The van der Waals surface area contributed by atoms with Crippen molar-refractivity contribution in [1.29, 1.82) is 0 Å². The van der Waals surface area contributed by atoms with Gasteiger partial charge in [0, 0.05) is 12.1 Å². The van der Waals surface area contributed by atoms with Gasteiger partial charge in [0.1, 0.15) is 24.7 Å². The molecule has 1 saturated heterocycles. The van der Waals surface area contributed by atoms with E-state index in [2.05, 4.69) is 0 Å². The fraction of sp³-hybridized carbons (Fsp3) is 0.0833. The molecule has 1 aliphatic rings. The number of thioether (sulfide) groups is 1. The third-order valence-electron chi connectivity index (χ3n) is 4.63. The minimum atomic E-state index is -0.506. The molecule has 0 aromatic heterocycles. The molecule has 9 heteroatoms. The third kappa shape index (κ3) is 5.57. The molecule has 0 unspecified atom stereocenters. The highest BCUT2D eigenvalue weighted by Gasteiger charge is 2.33. The van der Waals surface area contributed by atoms with Crippen LogP contribution in [-0.2, 0) is 4.79 Å².